The maximum absolute atomic E-state index is 8.89. The molecule has 0 fully saturated rings. The summed E-state index contributed by atoms with van der Waals surface area (Å²) in [6.07, 6.45) is 0. The lowest BCUT2D eigenvalue weighted by molar-refractivity contribution is 0.427. The minimum atomic E-state index is -1.35. The van der Waals surface area contributed by atoms with E-state index in [1.807, 2.05) is 46.9 Å². The molecule has 0 aliphatic rings. The van der Waals surface area contributed by atoms with E-state index in [1.54, 1.807) is 6.07 Å². The summed E-state index contributed by atoms with van der Waals surface area (Å²) in [5, 5.41) is 21.4. The summed E-state index contributed by atoms with van der Waals surface area (Å²) in [5.41, 5.74) is 18.9. The molecule has 0 aliphatic carbocycles. The van der Waals surface area contributed by atoms with Crippen LogP contribution < -0.4 is 14.6 Å². The van der Waals surface area contributed by atoms with E-state index in [4.69, 9.17) is 10.0 Å². The molecule has 0 aliphatic heterocycles. The van der Waals surface area contributed by atoms with E-state index in [0.29, 0.717) is 4.78 Å². The van der Waals surface area contributed by atoms with Gasteiger partial charge >= 0.3 is 7.12 Å². The van der Waals surface area contributed by atoms with Crippen molar-refractivity contribution in [2.75, 3.05) is 9.80 Å². The van der Waals surface area contributed by atoms with Gasteiger partial charge in [-0.3, -0.25) is 0 Å². The molecule has 3 heterocycles. The van der Waals surface area contributed by atoms with Crippen molar-refractivity contribution in [2.24, 2.45) is 0 Å². The molecule has 0 saturated carbocycles. The summed E-state index contributed by atoms with van der Waals surface area (Å²) < 4.78 is 6.51. The van der Waals surface area contributed by atoms with Gasteiger partial charge in [-0.2, -0.15) is 0 Å². The van der Waals surface area contributed by atoms with E-state index in [1.165, 1.54) is 96.9 Å². The van der Waals surface area contributed by atoms with Crippen molar-refractivity contribution in [1.29, 1.82) is 0 Å². The smallest absolute Gasteiger partial charge is 0.423 e. The molecule has 452 valence electrons. The fraction of sp³-hybridized carbons (Fsp3) is 0. The Balaban J connectivity index is 0.000000145. The predicted molar refractivity (Wildman–Crippen MR) is 413 cm³/mol. The Morgan fingerprint density at radius 3 is 0.755 bits per heavy atom. The van der Waals surface area contributed by atoms with Crippen molar-refractivity contribution < 1.29 is 10.0 Å². The first-order valence-corrected chi connectivity index (χ1v) is 34.9. The lowest BCUT2D eigenvalue weighted by atomic mass is 9.89. The second-order valence-electron chi connectivity index (χ2n) is 22.6. The fourth-order valence-electron chi connectivity index (χ4n) is 11.6. The first kappa shape index (κ1) is 61.8. The van der Waals surface area contributed by atoms with E-state index in [9.17, 15) is 0 Å². The number of rotatable bonds is 13. The summed E-state index contributed by atoms with van der Waals surface area (Å²) in [7, 11) is -1.35. The molecule has 0 amide bonds. The highest BCUT2D eigenvalue weighted by Crippen LogP contribution is 2.41. The molecule has 0 bridgehead atoms. The highest BCUT2D eigenvalue weighted by atomic mass is 79.9. The fourth-order valence-corrected chi connectivity index (χ4v) is 15.2. The molecule has 13 aromatic carbocycles. The number of fused-ring (bicyclic) bond motifs is 3. The number of para-hydroxylation sites is 2. The molecule has 94 heavy (non-hydrogen) atoms. The molecule has 4 nitrogen and oxygen atoms in total. The van der Waals surface area contributed by atoms with Crippen LogP contribution in [0.2, 0.25) is 0 Å². The summed E-state index contributed by atoms with van der Waals surface area (Å²) in [6.45, 7) is 0. The van der Waals surface area contributed by atoms with E-state index in [2.05, 4.69) is 357 Å². The zero-order valence-electron chi connectivity index (χ0n) is 50.8. The van der Waals surface area contributed by atoms with Crippen molar-refractivity contribution in [3.05, 3.63) is 355 Å². The Bertz CT molecular complexity index is 4790. The highest BCUT2D eigenvalue weighted by Gasteiger charge is 2.17. The van der Waals surface area contributed by atoms with Gasteiger partial charge < -0.3 is 19.8 Å². The topological polar surface area (TPSA) is 46.9 Å². The second-order valence-corrected chi connectivity index (χ2v) is 27.7. The first-order chi connectivity index (χ1) is 46.2. The highest BCUT2D eigenvalue weighted by molar-refractivity contribution is 9.10. The van der Waals surface area contributed by atoms with Gasteiger partial charge in [-0.1, -0.05) is 244 Å². The standard InChI is InChI=1S/C46H31NS2.C30H21Br2N.C8H7BO2S/c1-2-10-40(11-3-1)47(41-26-22-34(23-27-41)32-14-18-36(19-15-32)45-30-38-8-4-6-12-43(38)48-45)42-28-24-35(25-29-42)33-16-20-37(21-17-33)46-31-39-9-5-7-13-44(39)49-46;31-26-14-6-22(7-15-26)24-10-18-29(19-11-24)33(28-4-2-1-3-5-28)30-20-12-25(13-21-30)23-8-16-27(32)17-9-23;10-9(11)8-5-6-3-1-2-4-7(6)12-8/h1-31H;1-21H;1-5,10-11H. The lowest BCUT2D eigenvalue weighted by Gasteiger charge is -2.26. The molecular weight excluding hydrogens is 1340 g/mol. The van der Waals surface area contributed by atoms with Crippen LogP contribution in [0.25, 0.3) is 95.6 Å². The predicted octanol–water partition coefficient (Wildman–Crippen LogP) is 24.9. The minimum absolute atomic E-state index is 0.594. The van der Waals surface area contributed by atoms with Crippen molar-refractivity contribution >= 4 is 142 Å². The van der Waals surface area contributed by atoms with Crippen LogP contribution in [0, 0.1) is 0 Å². The number of anilines is 6. The monoisotopic (exact) mass is 1390 g/mol. The van der Waals surface area contributed by atoms with Crippen LogP contribution in [-0.2, 0) is 0 Å². The van der Waals surface area contributed by atoms with Crippen molar-refractivity contribution in [2.45, 2.75) is 0 Å². The second kappa shape index (κ2) is 28.7. The van der Waals surface area contributed by atoms with Gasteiger partial charge in [0, 0.05) is 71.7 Å². The third-order valence-electron chi connectivity index (χ3n) is 16.4. The average molecular weight is 1400 g/mol. The Morgan fingerprint density at radius 1 is 0.234 bits per heavy atom. The Morgan fingerprint density at radius 2 is 0.468 bits per heavy atom. The summed E-state index contributed by atoms with van der Waals surface area (Å²) in [6, 6.07) is 122. The summed E-state index contributed by atoms with van der Waals surface area (Å²) >= 11 is 12.1. The van der Waals surface area contributed by atoms with E-state index < -0.39 is 7.12 Å². The molecule has 0 spiro atoms. The zero-order valence-corrected chi connectivity index (χ0v) is 56.4. The molecule has 10 heteroatoms. The number of hydrogen-bond donors (Lipinski definition) is 2. The van der Waals surface area contributed by atoms with Crippen LogP contribution in [0.3, 0.4) is 0 Å². The first-order valence-electron chi connectivity index (χ1n) is 30.9. The van der Waals surface area contributed by atoms with Gasteiger partial charge in [0.25, 0.3) is 0 Å². The van der Waals surface area contributed by atoms with Crippen LogP contribution in [0.1, 0.15) is 0 Å². The van der Waals surface area contributed by atoms with E-state index >= 15 is 0 Å². The van der Waals surface area contributed by atoms with E-state index in [0.717, 1.165) is 53.2 Å². The Kier molecular flexibility index (Phi) is 18.8. The lowest BCUT2D eigenvalue weighted by Crippen LogP contribution is -2.26. The van der Waals surface area contributed by atoms with Gasteiger partial charge in [0.15, 0.2) is 0 Å². The molecule has 3 aromatic heterocycles. The molecule has 16 rings (SSSR count). The van der Waals surface area contributed by atoms with Crippen molar-refractivity contribution in [3.8, 4) is 65.4 Å². The number of halogens is 2. The average Bonchev–Trinajstić information content (AvgIpc) is 1.09. The number of hydrogen-bond acceptors (Lipinski definition) is 7. The van der Waals surface area contributed by atoms with Gasteiger partial charge in [0.1, 0.15) is 0 Å². The Labute approximate surface area is 577 Å². The quantitative estimate of drug-likeness (QED) is 0.113. The minimum Gasteiger partial charge on any atom is -0.423 e. The number of benzene rings is 13. The van der Waals surface area contributed by atoms with Crippen molar-refractivity contribution in [1.82, 2.24) is 0 Å². The normalized spacial score (nSPS) is 11.0. The van der Waals surface area contributed by atoms with Crippen LogP contribution in [0.15, 0.2) is 355 Å². The van der Waals surface area contributed by atoms with Crippen LogP contribution in [-0.4, -0.2) is 17.2 Å². The van der Waals surface area contributed by atoms with Gasteiger partial charge in [-0.05, 0) is 205 Å². The maximum Gasteiger partial charge on any atom is 0.499 e. The van der Waals surface area contributed by atoms with Crippen LogP contribution in [0.4, 0.5) is 34.1 Å². The molecule has 0 saturated heterocycles. The molecule has 2 N–H and O–H groups in total. The molecule has 16 aromatic rings. The van der Waals surface area contributed by atoms with Gasteiger partial charge in [0.05, 0.1) is 0 Å². The largest absolute Gasteiger partial charge is 0.499 e. The van der Waals surface area contributed by atoms with E-state index in [-0.39, 0.29) is 0 Å². The van der Waals surface area contributed by atoms with Crippen LogP contribution in [0.5, 0.6) is 0 Å². The molecule has 0 unspecified atom stereocenters. The van der Waals surface area contributed by atoms with Gasteiger partial charge in [-0.15, -0.1) is 34.0 Å². The van der Waals surface area contributed by atoms with Gasteiger partial charge in [-0.25, -0.2) is 0 Å². The zero-order chi connectivity index (χ0) is 63.7. The molecule has 0 radical (unpaired) electrons. The van der Waals surface area contributed by atoms with Gasteiger partial charge in [0.2, 0.25) is 0 Å². The number of nitrogens with zero attached hydrogens (tertiary/aromatic N) is 2. The third kappa shape index (κ3) is 14.3. The molecular formula is C84H59BBr2N2O2S3. The summed E-state index contributed by atoms with van der Waals surface area (Å²) in [4.78, 5) is 7.22. The maximum atomic E-state index is 8.89. The number of thiophene rings is 3. The third-order valence-corrected chi connectivity index (χ3v) is 21.0. The Hall–Kier alpha value is -9.72. The summed E-state index contributed by atoms with van der Waals surface area (Å²) in [5.74, 6) is 0. The van der Waals surface area contributed by atoms with Crippen LogP contribution >= 0.6 is 65.9 Å². The SMILES string of the molecule is Brc1ccc(-c2ccc(N(c3ccccc3)c3ccc(-c4ccc(Br)cc4)cc3)cc2)cc1.OB(O)c1cc2ccccc2s1.c1ccc(N(c2ccc(-c3ccc(-c4cc5ccccc5s4)cc3)cc2)c2ccc(-c3ccc(-c4cc5ccccc5s4)cc3)cc2)cc1. The van der Waals surface area contributed by atoms with Crippen molar-refractivity contribution in [3.63, 3.8) is 0 Å². The molecule has 0 atom stereocenters.